The highest BCUT2D eigenvalue weighted by molar-refractivity contribution is 7.81. The lowest BCUT2D eigenvalue weighted by atomic mass is 10.5. The van der Waals surface area contributed by atoms with Gasteiger partial charge in [-0.3, -0.25) is 0 Å². The van der Waals surface area contributed by atoms with Crippen molar-refractivity contribution >= 4 is 12.6 Å². The Bertz CT molecular complexity index is 29.8. The zero-order valence-electron chi connectivity index (χ0n) is 3.50. The van der Waals surface area contributed by atoms with Crippen molar-refractivity contribution in [1.82, 2.24) is 0 Å². The van der Waals surface area contributed by atoms with Gasteiger partial charge in [-0.05, 0) is 6.92 Å². The molecule has 38 valence electrons. The molecule has 0 aromatic heterocycles. The summed E-state index contributed by atoms with van der Waals surface area (Å²) in [6, 6.07) is 0. The number of hydrogen-bond acceptors (Lipinski definition) is 3. The molecule has 2 nitrogen and oxygen atoms in total. The van der Waals surface area contributed by atoms with E-state index in [1.807, 2.05) is 0 Å². The molecule has 1 atom stereocenters. The van der Waals surface area contributed by atoms with Crippen LogP contribution in [0.4, 0.5) is 0 Å². The van der Waals surface area contributed by atoms with Crippen molar-refractivity contribution < 1.29 is 10.2 Å². The molecular formula is C3H8O2S. The van der Waals surface area contributed by atoms with Crippen LogP contribution in [-0.4, -0.2) is 21.8 Å². The Balaban J connectivity index is 2.99. The Morgan fingerprint density at radius 2 is 1.67 bits per heavy atom. The van der Waals surface area contributed by atoms with E-state index in [-0.39, 0.29) is 5.25 Å². The van der Waals surface area contributed by atoms with Crippen LogP contribution >= 0.6 is 12.6 Å². The molecule has 0 fully saturated rings. The van der Waals surface area contributed by atoms with Crippen LogP contribution in [0, 0.1) is 0 Å². The van der Waals surface area contributed by atoms with E-state index in [0.717, 1.165) is 0 Å². The Hall–Kier alpha value is 0.270. The van der Waals surface area contributed by atoms with Crippen LogP contribution in [0.3, 0.4) is 0 Å². The smallest absolute Gasteiger partial charge is 0.162 e. The number of aliphatic hydroxyl groups excluding tert-OH is 1. The maximum Gasteiger partial charge on any atom is 0.162 e. The van der Waals surface area contributed by atoms with E-state index in [2.05, 4.69) is 12.6 Å². The molecule has 0 saturated heterocycles. The normalized spacial score (nSPS) is 15.5. The van der Waals surface area contributed by atoms with Gasteiger partial charge in [0.15, 0.2) is 6.29 Å². The lowest BCUT2D eigenvalue weighted by Gasteiger charge is -2.02. The monoisotopic (exact) mass is 108 g/mol. The molecular weight excluding hydrogens is 100 g/mol. The van der Waals surface area contributed by atoms with Crippen LogP contribution in [0.1, 0.15) is 6.92 Å². The van der Waals surface area contributed by atoms with E-state index < -0.39 is 6.29 Å². The first-order valence-electron chi connectivity index (χ1n) is 1.69. The Morgan fingerprint density at radius 1 is 1.50 bits per heavy atom. The summed E-state index contributed by atoms with van der Waals surface area (Å²) < 4.78 is 0. The van der Waals surface area contributed by atoms with Gasteiger partial charge in [-0.15, -0.1) is 0 Å². The van der Waals surface area contributed by atoms with Crippen LogP contribution in [0.2, 0.25) is 0 Å². The van der Waals surface area contributed by atoms with E-state index in [0.29, 0.717) is 0 Å². The molecule has 0 rings (SSSR count). The van der Waals surface area contributed by atoms with Gasteiger partial charge in [-0.1, -0.05) is 0 Å². The predicted octanol–water partition coefficient (Wildman–Crippen LogP) is -0.385. The van der Waals surface area contributed by atoms with Crippen molar-refractivity contribution in [2.24, 2.45) is 0 Å². The summed E-state index contributed by atoms with van der Waals surface area (Å²) in [7, 11) is 0. The molecule has 0 amide bonds. The van der Waals surface area contributed by atoms with E-state index in [1.165, 1.54) is 0 Å². The van der Waals surface area contributed by atoms with Gasteiger partial charge in [0.1, 0.15) is 0 Å². The van der Waals surface area contributed by atoms with Gasteiger partial charge in [-0.25, -0.2) is 0 Å². The van der Waals surface area contributed by atoms with Gasteiger partial charge in [0.25, 0.3) is 0 Å². The average Bonchev–Trinajstić information content (AvgIpc) is 1.36. The molecule has 1 unspecified atom stereocenters. The molecule has 0 saturated carbocycles. The number of rotatable bonds is 1. The molecule has 0 spiro atoms. The van der Waals surface area contributed by atoms with E-state index in [1.54, 1.807) is 6.92 Å². The van der Waals surface area contributed by atoms with E-state index >= 15 is 0 Å². The average molecular weight is 108 g/mol. The van der Waals surface area contributed by atoms with Crippen LogP contribution in [0.15, 0.2) is 0 Å². The zero-order chi connectivity index (χ0) is 5.15. The van der Waals surface area contributed by atoms with Gasteiger partial charge in [0, 0.05) is 5.25 Å². The minimum absolute atomic E-state index is 0.343. The fourth-order valence-electron chi connectivity index (χ4n) is 0. The van der Waals surface area contributed by atoms with Crippen LogP contribution < -0.4 is 0 Å². The number of hydrogen-bond donors (Lipinski definition) is 3. The lowest BCUT2D eigenvalue weighted by Crippen LogP contribution is -2.15. The van der Waals surface area contributed by atoms with Crippen molar-refractivity contribution in [3.8, 4) is 0 Å². The summed E-state index contributed by atoms with van der Waals surface area (Å²) in [5.74, 6) is 0. The maximum atomic E-state index is 8.11. The number of aliphatic hydroxyl groups is 2. The van der Waals surface area contributed by atoms with Gasteiger partial charge in [-0.2, -0.15) is 12.6 Å². The quantitative estimate of drug-likeness (QED) is 0.316. The molecule has 6 heavy (non-hydrogen) atoms. The van der Waals surface area contributed by atoms with Crippen molar-refractivity contribution in [3.63, 3.8) is 0 Å². The highest BCUT2D eigenvalue weighted by Crippen LogP contribution is 1.94. The molecule has 0 aromatic carbocycles. The third kappa shape index (κ3) is 2.50. The fourth-order valence-corrected chi connectivity index (χ4v) is 0. The van der Waals surface area contributed by atoms with Gasteiger partial charge >= 0.3 is 0 Å². The third-order valence-electron chi connectivity index (χ3n) is 0.431. The Morgan fingerprint density at radius 3 is 1.67 bits per heavy atom. The summed E-state index contributed by atoms with van der Waals surface area (Å²) in [5.41, 5.74) is 0. The molecule has 0 aliphatic heterocycles. The topological polar surface area (TPSA) is 40.5 Å². The molecule has 2 N–H and O–H groups in total. The van der Waals surface area contributed by atoms with Gasteiger partial charge in [0.2, 0.25) is 0 Å². The van der Waals surface area contributed by atoms with E-state index in [4.69, 9.17) is 10.2 Å². The van der Waals surface area contributed by atoms with Gasteiger partial charge < -0.3 is 10.2 Å². The molecule has 3 heteroatoms. The molecule has 0 radical (unpaired) electrons. The lowest BCUT2D eigenvalue weighted by molar-refractivity contribution is -0.0362. The zero-order valence-corrected chi connectivity index (χ0v) is 4.39. The first-order valence-corrected chi connectivity index (χ1v) is 2.20. The van der Waals surface area contributed by atoms with Crippen molar-refractivity contribution in [1.29, 1.82) is 0 Å². The second-order valence-electron chi connectivity index (χ2n) is 1.15. The highest BCUT2D eigenvalue weighted by Gasteiger charge is 2.00. The largest absolute Gasteiger partial charge is 0.367 e. The predicted molar refractivity (Wildman–Crippen MR) is 26.7 cm³/mol. The summed E-state index contributed by atoms with van der Waals surface area (Å²) in [5, 5.41) is 15.9. The van der Waals surface area contributed by atoms with Crippen LogP contribution in [0.5, 0.6) is 0 Å². The second-order valence-corrected chi connectivity index (χ2v) is 1.97. The molecule has 0 bridgehead atoms. The van der Waals surface area contributed by atoms with Crippen molar-refractivity contribution in [3.05, 3.63) is 0 Å². The molecule has 0 heterocycles. The first kappa shape index (κ1) is 6.27. The SMILES string of the molecule is CC(S)C(O)O. The van der Waals surface area contributed by atoms with Crippen LogP contribution in [0.25, 0.3) is 0 Å². The number of thiol groups is 1. The standard InChI is InChI=1S/C3H8O2S/c1-2(6)3(4)5/h2-6H,1H3. The Kier molecular flexibility index (Phi) is 2.55. The maximum absolute atomic E-state index is 8.11. The molecule has 0 aromatic rings. The summed E-state index contributed by atoms with van der Waals surface area (Å²) in [6.07, 6.45) is -1.28. The highest BCUT2D eigenvalue weighted by atomic mass is 32.1. The van der Waals surface area contributed by atoms with Gasteiger partial charge in [0.05, 0.1) is 0 Å². The second kappa shape index (κ2) is 2.44. The minimum Gasteiger partial charge on any atom is -0.367 e. The van der Waals surface area contributed by atoms with Crippen molar-refractivity contribution in [2.45, 2.75) is 18.5 Å². The molecule has 0 aliphatic carbocycles. The summed E-state index contributed by atoms with van der Waals surface area (Å²) >= 11 is 3.69. The summed E-state index contributed by atoms with van der Waals surface area (Å²) in [6.45, 7) is 1.60. The minimum atomic E-state index is -1.28. The fraction of sp³-hybridized carbons (Fsp3) is 1.00. The first-order chi connectivity index (χ1) is 2.64. The third-order valence-corrected chi connectivity index (χ3v) is 0.698. The van der Waals surface area contributed by atoms with E-state index in [9.17, 15) is 0 Å². The Labute approximate surface area is 42.2 Å². The summed E-state index contributed by atoms with van der Waals surface area (Å²) in [4.78, 5) is 0. The van der Waals surface area contributed by atoms with Crippen molar-refractivity contribution in [2.75, 3.05) is 0 Å². The molecule has 0 aliphatic rings. The van der Waals surface area contributed by atoms with Crippen LogP contribution in [-0.2, 0) is 0 Å².